The molecule has 6 rings (SSSR count). The van der Waals surface area contributed by atoms with Crippen molar-refractivity contribution in [3.8, 4) is 5.75 Å². The van der Waals surface area contributed by atoms with Gasteiger partial charge in [0.05, 0.1) is 29.7 Å². The van der Waals surface area contributed by atoms with Crippen molar-refractivity contribution in [3.05, 3.63) is 68.6 Å². The quantitative estimate of drug-likeness (QED) is 0.226. The van der Waals surface area contributed by atoms with Crippen molar-refractivity contribution in [2.24, 2.45) is 22.9 Å². The lowest BCUT2D eigenvalue weighted by Gasteiger charge is -2.50. The van der Waals surface area contributed by atoms with Gasteiger partial charge in [-0.15, -0.1) is 0 Å². The van der Waals surface area contributed by atoms with Gasteiger partial charge in [-0.2, -0.15) is 0 Å². The number of nitrogens with zero attached hydrogens (tertiary/aromatic N) is 4. The van der Waals surface area contributed by atoms with Crippen LogP contribution in [-0.4, -0.2) is 56.5 Å². The molecule has 2 aromatic rings. The van der Waals surface area contributed by atoms with Crippen LogP contribution in [0.2, 0.25) is 5.02 Å². The molecule has 12 heteroatoms. The second-order valence-electron chi connectivity index (χ2n) is 13.8. The summed E-state index contributed by atoms with van der Waals surface area (Å²) in [5.74, 6) is -0.242. The number of aryl methyl sites for hydroxylation is 1. The normalized spacial score (nSPS) is 32.9. The molecule has 2 aromatic carbocycles. The van der Waals surface area contributed by atoms with Crippen LogP contribution >= 0.6 is 11.6 Å². The molecule has 2 aliphatic heterocycles. The predicted molar refractivity (Wildman–Crippen MR) is 174 cm³/mol. The number of carbonyl (C=O) groups excluding carboxylic acids is 1. The Morgan fingerprint density at radius 1 is 1.16 bits per heavy atom. The van der Waals surface area contributed by atoms with Crippen LogP contribution in [0, 0.1) is 17.8 Å². The molecule has 1 saturated carbocycles. The van der Waals surface area contributed by atoms with Gasteiger partial charge in [0.25, 0.3) is 5.91 Å². The molecule has 2 heterocycles. The van der Waals surface area contributed by atoms with E-state index in [1.54, 1.807) is 25.1 Å². The molecule has 0 saturated heterocycles. The summed E-state index contributed by atoms with van der Waals surface area (Å²) in [6.07, 6.45) is 6.09. The third kappa shape index (κ3) is 6.12. The number of aliphatic hydroxyl groups is 1. The van der Waals surface area contributed by atoms with E-state index >= 15 is 0 Å². The molecule has 242 valence electrons. The highest BCUT2D eigenvalue weighted by Crippen LogP contribution is 2.49. The van der Waals surface area contributed by atoms with E-state index in [0.29, 0.717) is 49.7 Å². The average molecular weight is 656 g/mol. The van der Waals surface area contributed by atoms with Gasteiger partial charge in [0.1, 0.15) is 5.75 Å². The molecule has 2 aliphatic carbocycles. The van der Waals surface area contributed by atoms with Crippen LogP contribution in [0.3, 0.4) is 0 Å². The zero-order chi connectivity index (χ0) is 32.0. The summed E-state index contributed by atoms with van der Waals surface area (Å²) in [6, 6.07) is 11.2. The van der Waals surface area contributed by atoms with Crippen LogP contribution in [0.4, 0.5) is 5.69 Å². The predicted octanol–water partition coefficient (Wildman–Crippen LogP) is 6.15. The number of hydrogen-bond acceptors (Lipinski definition) is 7. The van der Waals surface area contributed by atoms with E-state index in [1.807, 2.05) is 19.1 Å². The molecule has 4 aliphatic rings. The van der Waals surface area contributed by atoms with Crippen molar-refractivity contribution in [3.63, 3.8) is 0 Å². The fraction of sp³-hybridized carbons (Fsp3) is 0.606. The second kappa shape index (κ2) is 12.3. The largest absolute Gasteiger partial charge is 0.490 e. The first kappa shape index (κ1) is 32.0. The number of halogens is 1. The summed E-state index contributed by atoms with van der Waals surface area (Å²) < 4.78 is 35.5. The first-order valence-corrected chi connectivity index (χ1v) is 18.0. The number of amides is 1. The first-order chi connectivity index (χ1) is 21.4. The Morgan fingerprint density at radius 2 is 1.98 bits per heavy atom. The summed E-state index contributed by atoms with van der Waals surface area (Å²) in [7, 11) is -3.97. The monoisotopic (exact) mass is 655 g/mol. The van der Waals surface area contributed by atoms with Crippen LogP contribution in [-0.2, 0) is 21.9 Å². The molecule has 10 nitrogen and oxygen atoms in total. The van der Waals surface area contributed by atoms with E-state index in [4.69, 9.17) is 21.9 Å². The average Bonchev–Trinajstić information content (AvgIpc) is 3.14. The standard InChI is InChI=1S/C33H42ClN5O5S/c1-21-5-3-14-33(41,18-36-38-35)28-10-7-25(28)17-39-19-32(13-4-6-23-15-26(34)9-11-27(23)32)20-44-30-12-8-24(16-29(30)39)31(40)37-45(42,43)22(21)2/h8-9,11-12,15-16,21-22,25,28,41H,3-7,10,13-14,17-20H2,1-2H3,(H,37,40)/t21-,22+,25-,28+,32-,33+/m0/s1. The lowest BCUT2D eigenvalue weighted by Crippen LogP contribution is -2.54. The maximum Gasteiger partial charge on any atom is 0.264 e. The topological polar surface area (TPSA) is 145 Å². The van der Waals surface area contributed by atoms with E-state index in [2.05, 4.69) is 25.7 Å². The van der Waals surface area contributed by atoms with Gasteiger partial charge in [-0.25, -0.2) is 13.1 Å². The minimum absolute atomic E-state index is 0.0229. The zero-order valence-electron chi connectivity index (χ0n) is 25.9. The number of benzene rings is 2. The van der Waals surface area contributed by atoms with Crippen molar-refractivity contribution in [2.45, 2.75) is 81.5 Å². The lowest BCUT2D eigenvalue weighted by molar-refractivity contribution is -0.0813. The summed E-state index contributed by atoms with van der Waals surface area (Å²) in [6.45, 7) is 5.13. The zero-order valence-corrected chi connectivity index (χ0v) is 27.5. The smallest absolute Gasteiger partial charge is 0.264 e. The highest BCUT2D eigenvalue weighted by Gasteiger charge is 2.48. The molecule has 1 fully saturated rings. The van der Waals surface area contributed by atoms with Gasteiger partial charge >= 0.3 is 0 Å². The maximum atomic E-state index is 13.4. The summed E-state index contributed by atoms with van der Waals surface area (Å²) in [5.41, 5.74) is 11.1. The lowest BCUT2D eigenvalue weighted by atomic mass is 9.62. The van der Waals surface area contributed by atoms with E-state index in [9.17, 15) is 18.3 Å². The third-order valence-corrected chi connectivity index (χ3v) is 13.2. The number of nitrogens with one attached hydrogen (secondary N) is 1. The number of azide groups is 1. The van der Waals surface area contributed by atoms with E-state index in [0.717, 1.165) is 37.8 Å². The Balaban J connectivity index is 1.44. The molecule has 0 unspecified atom stereocenters. The van der Waals surface area contributed by atoms with Crippen molar-refractivity contribution in [1.82, 2.24) is 4.72 Å². The van der Waals surface area contributed by atoms with Crippen molar-refractivity contribution < 1.29 is 23.1 Å². The first-order valence-electron chi connectivity index (χ1n) is 16.0. The number of sulfonamides is 1. The highest BCUT2D eigenvalue weighted by molar-refractivity contribution is 7.90. The Hall–Kier alpha value is -2.98. The van der Waals surface area contributed by atoms with E-state index in [1.165, 1.54) is 11.1 Å². The van der Waals surface area contributed by atoms with E-state index < -0.39 is 26.8 Å². The summed E-state index contributed by atoms with van der Waals surface area (Å²) in [4.78, 5) is 18.7. The Morgan fingerprint density at radius 3 is 2.73 bits per heavy atom. The summed E-state index contributed by atoms with van der Waals surface area (Å²) >= 11 is 6.40. The van der Waals surface area contributed by atoms with Crippen molar-refractivity contribution in [2.75, 3.05) is 31.1 Å². The molecule has 6 atom stereocenters. The SMILES string of the molecule is C[C@@H]1[C@@H](C)CCC[C@@](O)(CN=[N+]=[N-])[C@@H]2CC[C@H]2CN2C[C@@]3(CCCc4cc(Cl)ccc43)COc3ccc(cc32)C(=O)NS1(=O)=O. The fourth-order valence-electron chi connectivity index (χ4n) is 8.12. The molecule has 2 bridgehead atoms. The molecular formula is C33H42ClN5O5S. The number of rotatable bonds is 2. The van der Waals surface area contributed by atoms with Gasteiger partial charge in [0.15, 0.2) is 0 Å². The second-order valence-corrected chi connectivity index (χ2v) is 16.2. The molecule has 0 radical (unpaired) electrons. The van der Waals surface area contributed by atoms with Crippen LogP contribution in [0.15, 0.2) is 41.5 Å². The molecule has 1 amide bonds. The molecule has 2 N–H and O–H groups in total. The Bertz CT molecular complexity index is 1630. The van der Waals surface area contributed by atoms with Gasteiger partial charge in [-0.1, -0.05) is 36.1 Å². The number of anilines is 1. The number of ether oxygens (including phenoxy) is 1. The maximum absolute atomic E-state index is 13.4. The third-order valence-electron chi connectivity index (χ3n) is 11.1. The van der Waals surface area contributed by atoms with E-state index in [-0.39, 0.29) is 35.3 Å². The van der Waals surface area contributed by atoms with Crippen molar-refractivity contribution in [1.29, 1.82) is 0 Å². The molecular weight excluding hydrogens is 614 g/mol. The summed E-state index contributed by atoms with van der Waals surface area (Å²) in [5, 5.41) is 15.7. The van der Waals surface area contributed by atoms with Crippen LogP contribution in [0.5, 0.6) is 5.75 Å². The number of hydrogen-bond donors (Lipinski definition) is 2. The van der Waals surface area contributed by atoms with Crippen LogP contribution < -0.4 is 14.4 Å². The van der Waals surface area contributed by atoms with Crippen LogP contribution in [0.1, 0.15) is 80.3 Å². The highest BCUT2D eigenvalue weighted by atomic mass is 35.5. The Kier molecular flexibility index (Phi) is 8.76. The van der Waals surface area contributed by atoms with Gasteiger partial charge in [-0.3, -0.25) is 4.79 Å². The fourth-order valence-corrected chi connectivity index (χ4v) is 9.63. The molecule has 45 heavy (non-hydrogen) atoms. The minimum Gasteiger partial charge on any atom is -0.490 e. The molecule has 0 aromatic heterocycles. The Labute approximate surface area is 270 Å². The van der Waals surface area contributed by atoms with Crippen molar-refractivity contribution >= 4 is 33.2 Å². The van der Waals surface area contributed by atoms with Gasteiger partial charge in [-0.05, 0) is 117 Å². The van der Waals surface area contributed by atoms with Gasteiger partial charge in [0.2, 0.25) is 10.0 Å². The molecule has 1 spiro atoms. The minimum atomic E-state index is -3.97. The van der Waals surface area contributed by atoms with Crippen LogP contribution in [0.25, 0.3) is 10.4 Å². The van der Waals surface area contributed by atoms with Gasteiger partial charge in [0, 0.05) is 34.0 Å². The number of fused-ring (bicyclic) bond motifs is 4. The van der Waals surface area contributed by atoms with Gasteiger partial charge < -0.3 is 14.7 Å². The number of carbonyl (C=O) groups is 1.